The van der Waals surface area contributed by atoms with E-state index < -0.39 is 35.6 Å². The van der Waals surface area contributed by atoms with Gasteiger partial charge < -0.3 is 20.1 Å². The molecule has 1 fully saturated rings. The van der Waals surface area contributed by atoms with Crippen molar-refractivity contribution in [3.05, 3.63) is 48.8 Å². The van der Waals surface area contributed by atoms with Gasteiger partial charge in [0.15, 0.2) is 0 Å². The van der Waals surface area contributed by atoms with Crippen LogP contribution in [0.15, 0.2) is 48.8 Å². The summed E-state index contributed by atoms with van der Waals surface area (Å²) in [5.74, 6) is -1.47. The molecule has 0 amide bonds. The number of hydrogen-bond donors (Lipinski definition) is 3. The number of hydrogen-bond acceptors (Lipinski definition) is 5. The van der Waals surface area contributed by atoms with E-state index in [4.69, 9.17) is 4.74 Å². The van der Waals surface area contributed by atoms with Gasteiger partial charge in [-0.3, -0.25) is 4.79 Å². The van der Waals surface area contributed by atoms with E-state index in [1.165, 1.54) is 6.08 Å². The molecule has 5 nitrogen and oxygen atoms in total. The van der Waals surface area contributed by atoms with Gasteiger partial charge in [-0.2, -0.15) is 0 Å². The second kappa shape index (κ2) is 6.60. The molecule has 1 heterocycles. The third-order valence-corrected chi connectivity index (χ3v) is 4.24. The topological polar surface area (TPSA) is 87.0 Å². The van der Waals surface area contributed by atoms with Gasteiger partial charge >= 0.3 is 5.97 Å². The van der Waals surface area contributed by atoms with Gasteiger partial charge in [-0.15, -0.1) is 0 Å². The van der Waals surface area contributed by atoms with Gasteiger partial charge in [0.05, 0.1) is 6.10 Å². The Labute approximate surface area is 129 Å². The van der Waals surface area contributed by atoms with Crippen LogP contribution in [-0.4, -0.2) is 39.6 Å². The van der Waals surface area contributed by atoms with E-state index in [2.05, 4.69) is 13.5 Å². The average molecular weight is 306 g/mol. The molecule has 2 aliphatic rings. The summed E-state index contributed by atoms with van der Waals surface area (Å²) in [7, 11) is 0. The second-order valence-corrected chi connectivity index (χ2v) is 5.64. The van der Waals surface area contributed by atoms with E-state index in [9.17, 15) is 20.1 Å². The van der Waals surface area contributed by atoms with Gasteiger partial charge in [0.2, 0.25) is 0 Å². The highest BCUT2D eigenvalue weighted by Crippen LogP contribution is 2.49. The number of unbranched alkanes of at least 4 members (excludes halogenated alkanes) is 1. The van der Waals surface area contributed by atoms with E-state index in [0.29, 0.717) is 0 Å². The monoisotopic (exact) mass is 306 g/mol. The lowest BCUT2D eigenvalue weighted by atomic mass is 9.63. The molecule has 22 heavy (non-hydrogen) atoms. The lowest BCUT2D eigenvalue weighted by molar-refractivity contribution is -0.164. The molecule has 5 atom stereocenters. The molecule has 0 aromatic heterocycles. The molecule has 0 aromatic rings. The lowest BCUT2D eigenvalue weighted by Gasteiger charge is -2.41. The number of rotatable bonds is 4. The third kappa shape index (κ3) is 2.56. The maximum Gasteiger partial charge on any atom is 0.324 e. The molecular formula is C17H22O5. The van der Waals surface area contributed by atoms with E-state index in [1.54, 1.807) is 18.2 Å². The molecule has 0 saturated carbocycles. The van der Waals surface area contributed by atoms with Gasteiger partial charge in [0, 0.05) is 5.92 Å². The van der Waals surface area contributed by atoms with Crippen LogP contribution in [0.5, 0.6) is 0 Å². The zero-order valence-electron chi connectivity index (χ0n) is 12.6. The van der Waals surface area contributed by atoms with E-state index in [-0.39, 0.29) is 5.76 Å². The summed E-state index contributed by atoms with van der Waals surface area (Å²) >= 11 is 0. The maximum absolute atomic E-state index is 12.3. The fourth-order valence-electron chi connectivity index (χ4n) is 2.97. The third-order valence-electron chi connectivity index (χ3n) is 4.24. The first-order valence-electron chi connectivity index (χ1n) is 7.43. The van der Waals surface area contributed by atoms with Crippen molar-refractivity contribution in [1.29, 1.82) is 0 Å². The molecule has 5 heteroatoms. The Morgan fingerprint density at radius 2 is 2.05 bits per heavy atom. The Kier molecular flexibility index (Phi) is 5.01. The summed E-state index contributed by atoms with van der Waals surface area (Å²) in [5.41, 5.74) is -1.65. The van der Waals surface area contributed by atoms with Crippen molar-refractivity contribution < 1.29 is 24.9 Å². The van der Waals surface area contributed by atoms with Crippen LogP contribution in [0, 0.1) is 11.3 Å². The quantitative estimate of drug-likeness (QED) is 0.413. The highest BCUT2D eigenvalue weighted by molar-refractivity contribution is 5.84. The average Bonchev–Trinajstić information content (AvgIpc) is 2.71. The fraction of sp³-hybridized carbons (Fsp3) is 0.471. The molecule has 120 valence electrons. The smallest absolute Gasteiger partial charge is 0.324 e. The molecule has 2 rings (SSSR count). The molecule has 5 unspecified atom stereocenters. The molecule has 0 bridgehead atoms. The largest absolute Gasteiger partial charge is 0.428 e. The van der Waals surface area contributed by atoms with Crippen LogP contribution in [0.4, 0.5) is 0 Å². The summed E-state index contributed by atoms with van der Waals surface area (Å²) in [5, 5.41) is 30.5. The maximum atomic E-state index is 12.3. The molecule has 1 aliphatic heterocycles. The van der Waals surface area contributed by atoms with Crippen LogP contribution < -0.4 is 0 Å². The van der Waals surface area contributed by atoms with Crippen molar-refractivity contribution >= 4 is 5.97 Å². The number of aliphatic hydroxyl groups excluding tert-OH is 3. The zero-order valence-corrected chi connectivity index (χ0v) is 12.6. The lowest BCUT2D eigenvalue weighted by Crippen LogP contribution is -2.57. The number of carbonyl (C=O) groups is 1. The highest BCUT2D eigenvalue weighted by Gasteiger charge is 2.64. The van der Waals surface area contributed by atoms with E-state index in [1.807, 2.05) is 12.2 Å². The number of ether oxygens (including phenoxy) is 1. The Morgan fingerprint density at radius 3 is 2.64 bits per heavy atom. The van der Waals surface area contributed by atoms with Gasteiger partial charge in [-0.1, -0.05) is 56.4 Å². The van der Waals surface area contributed by atoms with Crippen LogP contribution in [-0.2, 0) is 9.53 Å². The number of carbonyl (C=O) groups excluding carboxylic acids is 1. The van der Waals surface area contributed by atoms with Gasteiger partial charge in [-0.05, 0) is 6.42 Å². The van der Waals surface area contributed by atoms with Crippen molar-refractivity contribution in [3.63, 3.8) is 0 Å². The van der Waals surface area contributed by atoms with Crippen molar-refractivity contribution in [2.75, 3.05) is 0 Å². The number of aliphatic hydroxyl groups is 3. The predicted molar refractivity (Wildman–Crippen MR) is 81.5 cm³/mol. The Morgan fingerprint density at radius 1 is 1.32 bits per heavy atom. The first kappa shape index (κ1) is 16.7. The zero-order chi connectivity index (χ0) is 16.3. The number of cyclic esters (lactones) is 1. The van der Waals surface area contributed by atoms with E-state index in [0.717, 1.165) is 12.8 Å². The summed E-state index contributed by atoms with van der Waals surface area (Å²) in [6.45, 7) is 5.57. The van der Waals surface area contributed by atoms with Gasteiger partial charge in [0.25, 0.3) is 0 Å². The Balaban J connectivity index is 2.36. The minimum Gasteiger partial charge on any atom is -0.428 e. The summed E-state index contributed by atoms with van der Waals surface area (Å²) in [6.07, 6.45) is 8.23. The standard InChI is InChI=1S/C17H22O5/c1-3-4-5-6-7-8-12-9-10-13(18)15(20)17(12)14(19)11(2)22-16(17)21/h5-10,12-15,18-20H,2-4H2,1H3/b6-5+,8-7+. The molecule has 0 radical (unpaired) electrons. The molecule has 1 spiro atoms. The highest BCUT2D eigenvalue weighted by atomic mass is 16.6. The van der Waals surface area contributed by atoms with Crippen LogP contribution in [0.1, 0.15) is 19.8 Å². The minimum atomic E-state index is -1.65. The van der Waals surface area contributed by atoms with Crippen LogP contribution in [0.25, 0.3) is 0 Å². The molecule has 0 aromatic carbocycles. The molecule has 3 N–H and O–H groups in total. The number of allylic oxidation sites excluding steroid dienone is 5. The molecular weight excluding hydrogens is 284 g/mol. The van der Waals surface area contributed by atoms with Crippen LogP contribution >= 0.6 is 0 Å². The Bertz CT molecular complexity index is 533. The van der Waals surface area contributed by atoms with Gasteiger partial charge in [-0.25, -0.2) is 0 Å². The summed E-state index contributed by atoms with van der Waals surface area (Å²) in [4.78, 5) is 12.3. The van der Waals surface area contributed by atoms with Gasteiger partial charge in [0.1, 0.15) is 23.4 Å². The molecule has 1 saturated heterocycles. The predicted octanol–water partition coefficient (Wildman–Crippen LogP) is 1.22. The molecule has 1 aliphatic carbocycles. The minimum absolute atomic E-state index is 0.105. The van der Waals surface area contributed by atoms with Crippen molar-refractivity contribution in [2.24, 2.45) is 11.3 Å². The van der Waals surface area contributed by atoms with Crippen molar-refractivity contribution in [1.82, 2.24) is 0 Å². The van der Waals surface area contributed by atoms with Crippen molar-refractivity contribution in [3.8, 4) is 0 Å². The second-order valence-electron chi connectivity index (χ2n) is 5.64. The first-order chi connectivity index (χ1) is 10.5. The SMILES string of the molecule is C=C1OC(=O)C2(C(/C=C/C=C/CCC)C=CC(O)C2O)C1O. The Hall–Kier alpha value is -1.69. The fourth-order valence-corrected chi connectivity index (χ4v) is 2.97. The van der Waals surface area contributed by atoms with Crippen molar-refractivity contribution in [2.45, 2.75) is 38.1 Å². The summed E-state index contributed by atoms with van der Waals surface area (Å²) < 4.78 is 4.92. The summed E-state index contributed by atoms with van der Waals surface area (Å²) in [6, 6.07) is 0. The van der Waals surface area contributed by atoms with Crippen LogP contribution in [0.2, 0.25) is 0 Å². The van der Waals surface area contributed by atoms with E-state index >= 15 is 0 Å². The normalized spacial score (nSPS) is 38.5. The van der Waals surface area contributed by atoms with Crippen LogP contribution in [0.3, 0.4) is 0 Å². The number of esters is 1. The first-order valence-corrected chi connectivity index (χ1v) is 7.43.